The molecule has 0 radical (unpaired) electrons. The molecule has 0 aliphatic rings. The molecule has 3 heteroatoms. The van der Waals surface area contributed by atoms with E-state index in [9.17, 15) is 5.11 Å². The van der Waals surface area contributed by atoms with Crippen molar-refractivity contribution >= 4 is 27.7 Å². The molecule has 0 saturated heterocycles. The van der Waals surface area contributed by atoms with Crippen molar-refractivity contribution in [3.05, 3.63) is 28.2 Å². The molecule has 0 aliphatic carbocycles. The highest BCUT2D eigenvalue weighted by atomic mass is 79.9. The van der Waals surface area contributed by atoms with Crippen molar-refractivity contribution in [2.45, 2.75) is 37.0 Å². The molecule has 0 unspecified atom stereocenters. The molecule has 1 nitrogen and oxygen atoms in total. The van der Waals surface area contributed by atoms with E-state index in [0.29, 0.717) is 0 Å². The van der Waals surface area contributed by atoms with E-state index in [4.69, 9.17) is 0 Å². The van der Waals surface area contributed by atoms with Gasteiger partial charge in [-0.1, -0.05) is 36.7 Å². The first-order valence-corrected chi connectivity index (χ1v) is 6.11. The molecule has 0 spiro atoms. The van der Waals surface area contributed by atoms with Gasteiger partial charge in [0.05, 0.1) is 6.61 Å². The van der Waals surface area contributed by atoms with Crippen LogP contribution >= 0.6 is 27.7 Å². The SMILES string of the molecule is CC(C)(C)Sc1ccc(Br)cc1CO. The smallest absolute Gasteiger partial charge is 0.0693 e. The fourth-order valence-electron chi connectivity index (χ4n) is 1.10. The fourth-order valence-corrected chi connectivity index (χ4v) is 2.56. The Morgan fingerprint density at radius 1 is 1.36 bits per heavy atom. The maximum absolute atomic E-state index is 9.21. The monoisotopic (exact) mass is 274 g/mol. The van der Waals surface area contributed by atoms with Crippen LogP contribution in [-0.4, -0.2) is 9.85 Å². The molecule has 0 saturated carbocycles. The van der Waals surface area contributed by atoms with Gasteiger partial charge in [0.1, 0.15) is 0 Å². The first-order chi connectivity index (χ1) is 6.42. The summed E-state index contributed by atoms with van der Waals surface area (Å²) in [6.07, 6.45) is 0. The Labute approximate surface area is 98.0 Å². The molecule has 0 heterocycles. The average Bonchev–Trinajstić information content (AvgIpc) is 2.06. The van der Waals surface area contributed by atoms with Crippen LogP contribution in [0.3, 0.4) is 0 Å². The molecule has 0 atom stereocenters. The van der Waals surface area contributed by atoms with Gasteiger partial charge in [0.15, 0.2) is 0 Å². The summed E-state index contributed by atoms with van der Waals surface area (Å²) in [5, 5.41) is 9.21. The molecule has 0 aromatic heterocycles. The van der Waals surface area contributed by atoms with Gasteiger partial charge in [0.25, 0.3) is 0 Å². The highest BCUT2D eigenvalue weighted by Gasteiger charge is 2.14. The number of rotatable bonds is 2. The van der Waals surface area contributed by atoms with E-state index in [0.717, 1.165) is 14.9 Å². The second-order valence-corrected chi connectivity index (χ2v) is 6.91. The highest BCUT2D eigenvalue weighted by Crippen LogP contribution is 2.35. The molecule has 0 amide bonds. The number of aliphatic hydroxyl groups is 1. The zero-order valence-corrected chi connectivity index (χ0v) is 11.1. The van der Waals surface area contributed by atoms with Crippen LogP contribution in [0.15, 0.2) is 27.6 Å². The third-order valence-corrected chi connectivity index (χ3v) is 3.33. The van der Waals surface area contributed by atoms with Crippen LogP contribution in [0.25, 0.3) is 0 Å². The molecular weight excluding hydrogens is 260 g/mol. The molecule has 1 rings (SSSR count). The zero-order valence-electron chi connectivity index (χ0n) is 8.67. The van der Waals surface area contributed by atoms with Gasteiger partial charge in [-0.3, -0.25) is 0 Å². The van der Waals surface area contributed by atoms with Gasteiger partial charge in [-0.25, -0.2) is 0 Å². The molecule has 0 bridgehead atoms. The summed E-state index contributed by atoms with van der Waals surface area (Å²) in [5.41, 5.74) is 0.985. The van der Waals surface area contributed by atoms with Gasteiger partial charge in [-0.15, -0.1) is 11.8 Å². The predicted molar refractivity (Wildman–Crippen MR) is 65.7 cm³/mol. The lowest BCUT2D eigenvalue weighted by Crippen LogP contribution is -2.07. The van der Waals surface area contributed by atoms with Crippen molar-refractivity contribution in [3.8, 4) is 0 Å². The van der Waals surface area contributed by atoms with Gasteiger partial charge >= 0.3 is 0 Å². The summed E-state index contributed by atoms with van der Waals surface area (Å²) < 4.78 is 1.19. The molecular formula is C11H15BrOS. The van der Waals surface area contributed by atoms with Crippen LogP contribution in [0.4, 0.5) is 0 Å². The van der Waals surface area contributed by atoms with Crippen LogP contribution in [-0.2, 0) is 6.61 Å². The Hall–Kier alpha value is 0.01000. The minimum Gasteiger partial charge on any atom is -0.392 e. The van der Waals surface area contributed by atoms with Crippen molar-refractivity contribution in [3.63, 3.8) is 0 Å². The van der Waals surface area contributed by atoms with Crippen LogP contribution in [0.2, 0.25) is 0 Å². The molecule has 0 fully saturated rings. The van der Waals surface area contributed by atoms with Crippen molar-refractivity contribution in [1.82, 2.24) is 0 Å². The molecule has 1 N–H and O–H groups in total. The first-order valence-electron chi connectivity index (χ1n) is 4.51. The van der Waals surface area contributed by atoms with E-state index < -0.39 is 0 Å². The van der Waals surface area contributed by atoms with Gasteiger partial charge in [-0.05, 0) is 23.8 Å². The second-order valence-electron chi connectivity index (χ2n) is 4.12. The van der Waals surface area contributed by atoms with Crippen molar-refractivity contribution in [1.29, 1.82) is 0 Å². The number of aliphatic hydroxyl groups excluding tert-OH is 1. The van der Waals surface area contributed by atoms with Crippen LogP contribution in [0.5, 0.6) is 0 Å². The third-order valence-electron chi connectivity index (χ3n) is 1.61. The number of benzene rings is 1. The average molecular weight is 275 g/mol. The van der Waals surface area contributed by atoms with E-state index in [-0.39, 0.29) is 11.4 Å². The minimum absolute atomic E-state index is 0.0951. The van der Waals surface area contributed by atoms with E-state index >= 15 is 0 Å². The summed E-state index contributed by atoms with van der Waals surface area (Å²) in [6, 6.07) is 6.02. The van der Waals surface area contributed by atoms with E-state index in [2.05, 4.69) is 36.7 Å². The Bertz CT molecular complexity index is 318. The standard InChI is InChI=1S/C11H15BrOS/c1-11(2,3)14-10-5-4-9(12)6-8(10)7-13/h4-6,13H,7H2,1-3H3. The Morgan fingerprint density at radius 3 is 2.50 bits per heavy atom. The summed E-state index contributed by atoms with van der Waals surface area (Å²) in [4.78, 5) is 1.16. The summed E-state index contributed by atoms with van der Waals surface area (Å²) in [6.45, 7) is 6.60. The maximum Gasteiger partial charge on any atom is 0.0693 e. The van der Waals surface area contributed by atoms with Crippen LogP contribution in [0.1, 0.15) is 26.3 Å². The number of thioether (sulfide) groups is 1. The number of hydrogen-bond donors (Lipinski definition) is 1. The quantitative estimate of drug-likeness (QED) is 0.828. The first kappa shape index (κ1) is 12.1. The zero-order chi connectivity index (χ0) is 10.8. The van der Waals surface area contributed by atoms with Crippen molar-refractivity contribution in [2.24, 2.45) is 0 Å². The second kappa shape index (κ2) is 4.69. The fraction of sp³-hybridized carbons (Fsp3) is 0.455. The van der Waals surface area contributed by atoms with Crippen LogP contribution < -0.4 is 0 Å². The highest BCUT2D eigenvalue weighted by molar-refractivity contribution is 9.10. The minimum atomic E-state index is 0.0951. The van der Waals surface area contributed by atoms with Gasteiger partial charge in [0.2, 0.25) is 0 Å². The molecule has 14 heavy (non-hydrogen) atoms. The summed E-state index contributed by atoms with van der Waals surface area (Å²) in [7, 11) is 0. The Morgan fingerprint density at radius 2 is 2.00 bits per heavy atom. The van der Waals surface area contributed by atoms with Gasteiger partial charge < -0.3 is 5.11 Å². The lowest BCUT2D eigenvalue weighted by molar-refractivity contribution is 0.279. The summed E-state index contributed by atoms with van der Waals surface area (Å²) in [5.74, 6) is 0. The lowest BCUT2D eigenvalue weighted by atomic mass is 10.2. The molecule has 1 aromatic rings. The molecule has 78 valence electrons. The topological polar surface area (TPSA) is 20.2 Å². The van der Waals surface area contributed by atoms with Crippen LogP contribution in [0, 0.1) is 0 Å². The van der Waals surface area contributed by atoms with Crippen molar-refractivity contribution in [2.75, 3.05) is 0 Å². The maximum atomic E-state index is 9.21. The Kier molecular flexibility index (Phi) is 4.04. The Balaban J connectivity index is 2.97. The molecule has 1 aromatic carbocycles. The van der Waals surface area contributed by atoms with E-state index in [1.807, 2.05) is 18.2 Å². The number of hydrogen-bond acceptors (Lipinski definition) is 2. The van der Waals surface area contributed by atoms with Crippen molar-refractivity contribution < 1.29 is 5.11 Å². The number of halogens is 1. The third kappa shape index (κ3) is 3.64. The predicted octanol–water partition coefficient (Wildman–Crippen LogP) is 3.83. The van der Waals surface area contributed by atoms with E-state index in [1.165, 1.54) is 0 Å². The van der Waals surface area contributed by atoms with E-state index in [1.54, 1.807) is 11.8 Å². The molecule has 0 aliphatic heterocycles. The van der Waals surface area contributed by atoms with Gasteiger partial charge in [-0.2, -0.15) is 0 Å². The normalized spacial score (nSPS) is 11.8. The largest absolute Gasteiger partial charge is 0.392 e. The summed E-state index contributed by atoms with van der Waals surface area (Å²) >= 11 is 5.18. The lowest BCUT2D eigenvalue weighted by Gasteiger charge is -2.19. The van der Waals surface area contributed by atoms with Gasteiger partial charge in [0, 0.05) is 14.1 Å².